The molecule has 2 aliphatic rings. The molecule has 0 saturated carbocycles. The van der Waals surface area contributed by atoms with E-state index in [0.717, 1.165) is 56.8 Å². The maximum Gasteiger partial charge on any atom is 0.298 e. The van der Waals surface area contributed by atoms with E-state index in [1.807, 2.05) is 23.1 Å². The van der Waals surface area contributed by atoms with Gasteiger partial charge in [-0.25, -0.2) is 0 Å². The summed E-state index contributed by atoms with van der Waals surface area (Å²) in [5.41, 5.74) is 2.91. The first-order valence-electron chi connectivity index (χ1n) is 9.30. The smallest absolute Gasteiger partial charge is 0.298 e. The fraction of sp³-hybridized carbons (Fsp3) is 0.579. The molecule has 0 spiro atoms. The number of anilines is 1. The van der Waals surface area contributed by atoms with E-state index in [1.54, 1.807) is 0 Å². The van der Waals surface area contributed by atoms with Crippen molar-refractivity contribution in [3.63, 3.8) is 0 Å². The fourth-order valence-corrected chi connectivity index (χ4v) is 3.75. The van der Waals surface area contributed by atoms with Gasteiger partial charge in [-0.3, -0.25) is 4.79 Å². The number of aryl methyl sites for hydroxylation is 1. The van der Waals surface area contributed by atoms with Gasteiger partial charge in [-0.15, -0.1) is 0 Å². The predicted octanol–water partition coefficient (Wildman–Crippen LogP) is 2.17. The molecular formula is C19H26N4O2. The summed E-state index contributed by atoms with van der Waals surface area (Å²) in [7, 11) is 0. The maximum absolute atomic E-state index is 12.4. The van der Waals surface area contributed by atoms with E-state index in [1.165, 1.54) is 12.0 Å². The van der Waals surface area contributed by atoms with Crippen LogP contribution < -0.4 is 10.2 Å². The molecule has 2 aliphatic heterocycles. The number of hydrogen-bond acceptors (Lipinski definition) is 5. The van der Waals surface area contributed by atoms with Crippen LogP contribution in [-0.2, 0) is 4.79 Å². The molecule has 1 aromatic carbocycles. The molecule has 0 aliphatic carbocycles. The van der Waals surface area contributed by atoms with Gasteiger partial charge in [0.25, 0.3) is 6.01 Å². The lowest BCUT2D eigenvalue weighted by atomic mass is 10.0. The van der Waals surface area contributed by atoms with Crippen molar-refractivity contribution >= 4 is 23.0 Å². The lowest BCUT2D eigenvalue weighted by Crippen LogP contribution is -2.49. The Balaban J connectivity index is 1.31. The Morgan fingerprint density at radius 3 is 2.92 bits per heavy atom. The monoisotopic (exact) mass is 342 g/mol. The normalized spacial score (nSPS) is 21.2. The Morgan fingerprint density at radius 2 is 2.16 bits per heavy atom. The molecule has 4 rings (SSSR count). The van der Waals surface area contributed by atoms with Crippen molar-refractivity contribution in [1.82, 2.24) is 15.2 Å². The number of amides is 1. The van der Waals surface area contributed by atoms with Crippen LogP contribution in [0, 0.1) is 12.8 Å². The molecule has 0 radical (unpaired) electrons. The van der Waals surface area contributed by atoms with Crippen LogP contribution in [0.2, 0.25) is 0 Å². The number of carbonyl (C=O) groups excluding carboxylic acids is 1. The van der Waals surface area contributed by atoms with Crippen LogP contribution in [0.15, 0.2) is 22.6 Å². The zero-order valence-electron chi connectivity index (χ0n) is 14.8. The number of aromatic nitrogens is 1. The number of carbonyl (C=O) groups is 1. The van der Waals surface area contributed by atoms with Crippen molar-refractivity contribution in [2.45, 2.75) is 26.2 Å². The van der Waals surface area contributed by atoms with E-state index < -0.39 is 0 Å². The number of rotatable bonds is 4. The number of nitrogens with one attached hydrogen (secondary N) is 1. The summed E-state index contributed by atoms with van der Waals surface area (Å²) >= 11 is 0. The van der Waals surface area contributed by atoms with Gasteiger partial charge < -0.3 is 19.5 Å². The van der Waals surface area contributed by atoms with E-state index >= 15 is 0 Å². The van der Waals surface area contributed by atoms with Crippen LogP contribution in [0.4, 0.5) is 6.01 Å². The van der Waals surface area contributed by atoms with Crippen molar-refractivity contribution < 1.29 is 9.21 Å². The van der Waals surface area contributed by atoms with Gasteiger partial charge in [0.2, 0.25) is 5.91 Å². The number of nitrogens with zero attached hydrogens (tertiary/aromatic N) is 3. The Morgan fingerprint density at radius 1 is 1.32 bits per heavy atom. The quantitative estimate of drug-likeness (QED) is 0.923. The zero-order valence-corrected chi connectivity index (χ0v) is 14.8. The Hall–Kier alpha value is -2.08. The van der Waals surface area contributed by atoms with Gasteiger partial charge in [0.1, 0.15) is 5.52 Å². The van der Waals surface area contributed by atoms with Gasteiger partial charge in [0, 0.05) is 32.6 Å². The first-order valence-corrected chi connectivity index (χ1v) is 9.30. The van der Waals surface area contributed by atoms with Crippen molar-refractivity contribution in [2.75, 3.05) is 44.2 Å². The van der Waals surface area contributed by atoms with Crippen molar-refractivity contribution in [3.05, 3.63) is 23.8 Å². The summed E-state index contributed by atoms with van der Waals surface area (Å²) in [4.78, 5) is 21.2. The van der Waals surface area contributed by atoms with Crippen LogP contribution in [0.3, 0.4) is 0 Å². The molecule has 0 bridgehead atoms. The first-order chi connectivity index (χ1) is 12.2. The fourth-order valence-electron chi connectivity index (χ4n) is 3.75. The molecule has 25 heavy (non-hydrogen) atoms. The van der Waals surface area contributed by atoms with E-state index in [9.17, 15) is 4.79 Å². The minimum absolute atomic E-state index is 0.291. The third-order valence-electron chi connectivity index (χ3n) is 5.36. The number of oxazole rings is 1. The molecule has 2 fully saturated rings. The Bertz CT molecular complexity index is 743. The molecule has 1 aromatic heterocycles. The number of piperazine rings is 1. The molecule has 1 unspecified atom stereocenters. The largest absolute Gasteiger partial charge is 0.423 e. The van der Waals surface area contributed by atoms with Crippen molar-refractivity contribution in [1.29, 1.82) is 0 Å². The highest BCUT2D eigenvalue weighted by Crippen LogP contribution is 2.24. The second-order valence-corrected chi connectivity index (χ2v) is 7.23. The molecule has 2 aromatic rings. The minimum Gasteiger partial charge on any atom is -0.423 e. The van der Waals surface area contributed by atoms with Crippen molar-refractivity contribution in [3.8, 4) is 0 Å². The predicted molar refractivity (Wildman–Crippen MR) is 97.7 cm³/mol. The van der Waals surface area contributed by atoms with Gasteiger partial charge in [0.05, 0.1) is 0 Å². The molecule has 1 N–H and O–H groups in total. The average Bonchev–Trinajstić information content (AvgIpc) is 3.29. The summed E-state index contributed by atoms with van der Waals surface area (Å²) in [5, 5.41) is 3.37. The van der Waals surface area contributed by atoms with Crippen LogP contribution in [0.5, 0.6) is 0 Å². The van der Waals surface area contributed by atoms with Gasteiger partial charge in [-0.2, -0.15) is 4.98 Å². The van der Waals surface area contributed by atoms with Crippen molar-refractivity contribution in [2.24, 2.45) is 5.92 Å². The molecular weight excluding hydrogens is 316 g/mol. The van der Waals surface area contributed by atoms with Gasteiger partial charge in [-0.05, 0) is 56.5 Å². The second kappa shape index (κ2) is 7.04. The molecule has 1 amide bonds. The molecule has 6 nitrogen and oxygen atoms in total. The van der Waals surface area contributed by atoms with Crippen LogP contribution in [0.25, 0.3) is 11.1 Å². The molecule has 1 atom stereocenters. The van der Waals surface area contributed by atoms with Crippen LogP contribution in [0.1, 0.15) is 24.8 Å². The average molecular weight is 342 g/mol. The number of hydrogen-bond donors (Lipinski definition) is 1. The van der Waals surface area contributed by atoms with E-state index in [-0.39, 0.29) is 0 Å². The molecule has 2 saturated heterocycles. The zero-order chi connectivity index (χ0) is 17.2. The Kier molecular flexibility index (Phi) is 4.61. The summed E-state index contributed by atoms with van der Waals surface area (Å²) < 4.78 is 5.88. The third kappa shape index (κ3) is 3.63. The molecule has 3 heterocycles. The highest BCUT2D eigenvalue weighted by Gasteiger charge is 2.25. The van der Waals surface area contributed by atoms with Gasteiger partial charge >= 0.3 is 0 Å². The second-order valence-electron chi connectivity index (χ2n) is 7.23. The van der Waals surface area contributed by atoms with Crippen LogP contribution in [-0.4, -0.2) is 55.1 Å². The maximum atomic E-state index is 12.4. The standard InChI is InChI=1S/C19H26N4O2/c1-14-2-4-17-16(12-14)21-19(25-17)23-10-8-22(9-11-23)18(24)5-3-15-6-7-20-13-15/h2,4,12,15,20H,3,5-11,13H2,1H3. The highest BCUT2D eigenvalue weighted by atomic mass is 16.4. The number of fused-ring (bicyclic) bond motifs is 1. The van der Waals surface area contributed by atoms with E-state index in [0.29, 0.717) is 24.3 Å². The summed E-state index contributed by atoms with van der Waals surface area (Å²) in [5.74, 6) is 0.966. The lowest BCUT2D eigenvalue weighted by molar-refractivity contribution is -0.131. The molecule has 6 heteroatoms. The summed E-state index contributed by atoms with van der Waals surface area (Å²) in [6, 6.07) is 6.72. The SMILES string of the molecule is Cc1ccc2oc(N3CCN(C(=O)CCC4CCNC4)CC3)nc2c1. The van der Waals surface area contributed by atoms with E-state index in [2.05, 4.69) is 22.1 Å². The summed E-state index contributed by atoms with van der Waals surface area (Å²) in [6.45, 7) is 7.28. The topological polar surface area (TPSA) is 61.6 Å². The molecule has 134 valence electrons. The Labute approximate surface area is 148 Å². The summed E-state index contributed by atoms with van der Waals surface area (Å²) in [6.07, 6.45) is 2.89. The highest BCUT2D eigenvalue weighted by molar-refractivity contribution is 5.77. The minimum atomic E-state index is 0.291. The van der Waals surface area contributed by atoms with Crippen LogP contribution >= 0.6 is 0 Å². The van der Waals surface area contributed by atoms with E-state index in [4.69, 9.17) is 4.42 Å². The lowest BCUT2D eigenvalue weighted by Gasteiger charge is -2.34. The van der Waals surface area contributed by atoms with Gasteiger partial charge in [0.15, 0.2) is 5.58 Å². The first kappa shape index (κ1) is 16.4. The van der Waals surface area contributed by atoms with Gasteiger partial charge in [-0.1, -0.05) is 6.07 Å². The third-order valence-corrected chi connectivity index (χ3v) is 5.36. The number of benzene rings is 1.